The number of rotatable bonds is 5. The van der Waals surface area contributed by atoms with Crippen LogP contribution in [0.2, 0.25) is 0 Å². The Hall–Kier alpha value is -2.25. The number of aliphatic hydroxyl groups excluding tert-OH is 1. The van der Waals surface area contributed by atoms with Crippen LogP contribution in [0.4, 0.5) is 5.69 Å². The maximum Gasteiger partial charge on any atom is 0.313 e. The van der Waals surface area contributed by atoms with Crippen molar-refractivity contribution < 1.29 is 14.7 Å². The van der Waals surface area contributed by atoms with E-state index >= 15 is 0 Å². The Morgan fingerprint density at radius 1 is 1.29 bits per heavy atom. The number of aliphatic hydroxyl groups is 1. The maximum atomic E-state index is 11.6. The van der Waals surface area contributed by atoms with Crippen molar-refractivity contribution in [2.24, 2.45) is 0 Å². The van der Waals surface area contributed by atoms with E-state index in [0.29, 0.717) is 12.1 Å². The highest BCUT2D eigenvalue weighted by Gasteiger charge is 2.14. The number of hydrogen-bond acceptors (Lipinski definition) is 5. The van der Waals surface area contributed by atoms with E-state index in [1.165, 1.54) is 17.5 Å². The largest absolute Gasteiger partial charge is 0.388 e. The van der Waals surface area contributed by atoms with Gasteiger partial charge < -0.3 is 15.7 Å². The molecule has 0 saturated heterocycles. The normalized spacial score (nSPS) is 11.7. The molecule has 1 unspecified atom stereocenters. The minimum absolute atomic E-state index is 0.221. The summed E-state index contributed by atoms with van der Waals surface area (Å²) in [6, 6.07) is 6.97. The van der Waals surface area contributed by atoms with Gasteiger partial charge in [-0.15, -0.1) is 11.3 Å². The van der Waals surface area contributed by atoms with Crippen molar-refractivity contribution in [2.45, 2.75) is 12.5 Å². The van der Waals surface area contributed by atoms with Crippen LogP contribution in [0.3, 0.4) is 0 Å². The highest BCUT2D eigenvalue weighted by Crippen LogP contribution is 2.20. The quantitative estimate of drug-likeness (QED) is 0.727. The van der Waals surface area contributed by atoms with E-state index < -0.39 is 17.9 Å². The number of amides is 2. The Balaban J connectivity index is 1.73. The van der Waals surface area contributed by atoms with Crippen molar-refractivity contribution in [1.29, 1.82) is 0 Å². The molecule has 0 bridgehead atoms. The van der Waals surface area contributed by atoms with Gasteiger partial charge in [0, 0.05) is 17.6 Å². The molecule has 3 N–H and O–H groups in total. The van der Waals surface area contributed by atoms with Crippen LogP contribution in [-0.2, 0) is 9.59 Å². The number of carbonyl (C=O) groups excluding carboxylic acids is 2. The average Bonchev–Trinajstić information content (AvgIpc) is 3.02. The molecule has 0 aliphatic rings. The van der Waals surface area contributed by atoms with Crippen LogP contribution in [0.1, 0.15) is 17.4 Å². The fourth-order valence-corrected chi connectivity index (χ4v) is 2.40. The Labute approximate surface area is 125 Å². The van der Waals surface area contributed by atoms with Gasteiger partial charge in [-0.25, -0.2) is 0 Å². The van der Waals surface area contributed by atoms with Crippen molar-refractivity contribution in [1.82, 2.24) is 10.3 Å². The summed E-state index contributed by atoms with van der Waals surface area (Å²) >= 11 is 1.45. The predicted octanol–water partition coefficient (Wildman–Crippen LogP) is 1.32. The molecule has 2 amide bonds. The monoisotopic (exact) mass is 305 g/mol. The molecule has 1 atom stereocenters. The number of nitrogens with zero attached hydrogens (tertiary/aromatic N) is 1. The van der Waals surface area contributed by atoms with Crippen LogP contribution in [0.25, 0.3) is 0 Å². The number of anilines is 1. The second kappa shape index (κ2) is 7.51. The lowest BCUT2D eigenvalue weighted by Crippen LogP contribution is -2.36. The van der Waals surface area contributed by atoms with Gasteiger partial charge in [-0.2, -0.15) is 0 Å². The lowest BCUT2D eigenvalue weighted by Gasteiger charge is -2.09. The molecule has 0 aromatic carbocycles. The molecule has 2 aromatic rings. The summed E-state index contributed by atoms with van der Waals surface area (Å²) in [6.45, 7) is 0.221. The zero-order valence-corrected chi connectivity index (χ0v) is 12.0. The lowest BCUT2D eigenvalue weighted by atomic mass is 10.2. The summed E-state index contributed by atoms with van der Waals surface area (Å²) in [5, 5.41) is 16.6. The third-order valence-corrected chi connectivity index (χ3v) is 3.67. The smallest absolute Gasteiger partial charge is 0.313 e. The van der Waals surface area contributed by atoms with Crippen molar-refractivity contribution in [3.63, 3.8) is 0 Å². The summed E-state index contributed by atoms with van der Waals surface area (Å²) in [4.78, 5) is 27.9. The molecular formula is C14H15N3O3S. The SMILES string of the molecule is O=C(NCCC(O)c1cccs1)C(=O)Nc1cccnc1. The zero-order chi connectivity index (χ0) is 15.1. The molecule has 0 aliphatic carbocycles. The molecule has 0 radical (unpaired) electrons. The van der Waals surface area contributed by atoms with E-state index in [1.54, 1.807) is 18.3 Å². The molecule has 6 nitrogen and oxygen atoms in total. The number of pyridine rings is 1. The van der Waals surface area contributed by atoms with Crippen LogP contribution >= 0.6 is 11.3 Å². The van der Waals surface area contributed by atoms with E-state index in [-0.39, 0.29) is 6.54 Å². The van der Waals surface area contributed by atoms with E-state index in [2.05, 4.69) is 15.6 Å². The average molecular weight is 305 g/mol. The van der Waals surface area contributed by atoms with Crippen molar-refractivity contribution in [3.05, 3.63) is 46.9 Å². The van der Waals surface area contributed by atoms with Gasteiger partial charge in [0.2, 0.25) is 0 Å². The summed E-state index contributed by atoms with van der Waals surface area (Å²) in [5.41, 5.74) is 0.455. The van der Waals surface area contributed by atoms with Gasteiger partial charge in [0.25, 0.3) is 0 Å². The molecule has 0 saturated carbocycles. The third kappa shape index (κ3) is 4.66. The second-order valence-corrected chi connectivity index (χ2v) is 5.25. The van der Waals surface area contributed by atoms with E-state index in [9.17, 15) is 14.7 Å². The van der Waals surface area contributed by atoms with Gasteiger partial charge in [0.1, 0.15) is 0 Å². The van der Waals surface area contributed by atoms with Gasteiger partial charge in [-0.05, 0) is 30.0 Å². The minimum Gasteiger partial charge on any atom is -0.388 e. The van der Waals surface area contributed by atoms with Crippen LogP contribution in [0.5, 0.6) is 0 Å². The highest BCUT2D eigenvalue weighted by molar-refractivity contribution is 7.10. The standard InChI is InChI=1S/C14H15N3O3S/c18-11(12-4-2-8-21-12)5-7-16-13(19)14(20)17-10-3-1-6-15-9-10/h1-4,6,8-9,11,18H,5,7H2,(H,16,19)(H,17,20). The fourth-order valence-electron chi connectivity index (χ4n) is 1.65. The molecule has 110 valence electrons. The highest BCUT2D eigenvalue weighted by atomic mass is 32.1. The summed E-state index contributed by atoms with van der Waals surface area (Å²) in [5.74, 6) is -1.49. The number of carbonyl (C=O) groups is 2. The van der Waals surface area contributed by atoms with Crippen LogP contribution in [0.15, 0.2) is 42.0 Å². The topological polar surface area (TPSA) is 91.3 Å². The zero-order valence-electron chi connectivity index (χ0n) is 11.2. The fraction of sp³-hybridized carbons (Fsp3) is 0.214. The molecule has 7 heteroatoms. The molecule has 0 aliphatic heterocycles. The number of aromatic nitrogens is 1. The first-order chi connectivity index (χ1) is 10.2. The molecule has 0 fully saturated rings. The molecule has 2 heterocycles. The van der Waals surface area contributed by atoms with E-state index in [0.717, 1.165) is 4.88 Å². The lowest BCUT2D eigenvalue weighted by molar-refractivity contribution is -0.136. The van der Waals surface area contributed by atoms with Gasteiger partial charge in [-0.1, -0.05) is 6.07 Å². The van der Waals surface area contributed by atoms with Crippen LogP contribution in [0, 0.1) is 0 Å². The Morgan fingerprint density at radius 3 is 2.81 bits per heavy atom. The first kappa shape index (κ1) is 15.1. The first-order valence-corrected chi connectivity index (χ1v) is 7.25. The van der Waals surface area contributed by atoms with Gasteiger partial charge >= 0.3 is 11.8 Å². The van der Waals surface area contributed by atoms with Gasteiger partial charge in [0.05, 0.1) is 18.0 Å². The summed E-state index contributed by atoms with van der Waals surface area (Å²) in [7, 11) is 0. The van der Waals surface area contributed by atoms with Gasteiger partial charge in [-0.3, -0.25) is 14.6 Å². The van der Waals surface area contributed by atoms with Crippen molar-refractivity contribution in [3.8, 4) is 0 Å². The number of hydrogen-bond donors (Lipinski definition) is 3. The van der Waals surface area contributed by atoms with Crippen LogP contribution in [-0.4, -0.2) is 28.4 Å². The summed E-state index contributed by atoms with van der Waals surface area (Å²) < 4.78 is 0. The van der Waals surface area contributed by atoms with E-state index in [4.69, 9.17) is 0 Å². The molecule has 21 heavy (non-hydrogen) atoms. The maximum absolute atomic E-state index is 11.6. The third-order valence-electron chi connectivity index (χ3n) is 2.70. The van der Waals surface area contributed by atoms with E-state index in [1.807, 2.05) is 17.5 Å². The minimum atomic E-state index is -0.756. The molecule has 2 aromatic heterocycles. The predicted molar refractivity (Wildman–Crippen MR) is 79.8 cm³/mol. The molecule has 0 spiro atoms. The second-order valence-electron chi connectivity index (χ2n) is 4.27. The van der Waals surface area contributed by atoms with Gasteiger partial charge in [0.15, 0.2) is 0 Å². The number of nitrogens with one attached hydrogen (secondary N) is 2. The Morgan fingerprint density at radius 2 is 2.14 bits per heavy atom. The first-order valence-electron chi connectivity index (χ1n) is 6.37. The van der Waals surface area contributed by atoms with Crippen LogP contribution < -0.4 is 10.6 Å². The molecule has 2 rings (SSSR count). The van der Waals surface area contributed by atoms with Crippen molar-refractivity contribution in [2.75, 3.05) is 11.9 Å². The number of thiophene rings is 1. The van der Waals surface area contributed by atoms with Crippen molar-refractivity contribution >= 4 is 28.8 Å². The summed E-state index contributed by atoms with van der Waals surface area (Å²) in [6.07, 6.45) is 2.74. The Kier molecular flexibility index (Phi) is 5.42. The Bertz CT molecular complexity index is 587. The molecular weight excluding hydrogens is 290 g/mol.